The number of methoxy groups -OCH3 is 1. The summed E-state index contributed by atoms with van der Waals surface area (Å²) < 4.78 is 24.5. The van der Waals surface area contributed by atoms with E-state index in [1.54, 1.807) is 25.1 Å². The van der Waals surface area contributed by atoms with Gasteiger partial charge in [-0.05, 0) is 97.4 Å². The van der Waals surface area contributed by atoms with Crippen molar-refractivity contribution in [3.8, 4) is 17.2 Å². The second-order valence-corrected chi connectivity index (χ2v) is 10.1. The third-order valence-corrected chi connectivity index (χ3v) is 6.67. The number of aromatic nitrogens is 1. The number of esters is 1. The number of carbonyl (C=O) groups is 2. The van der Waals surface area contributed by atoms with Crippen molar-refractivity contribution in [3.05, 3.63) is 98.6 Å². The largest absolute Gasteiger partial charge is 0.486 e. The summed E-state index contributed by atoms with van der Waals surface area (Å²) in [5.41, 5.74) is 6.18. The zero-order chi connectivity index (χ0) is 28.8. The van der Waals surface area contributed by atoms with Crippen molar-refractivity contribution < 1.29 is 28.2 Å². The van der Waals surface area contributed by atoms with Crippen molar-refractivity contribution >= 4 is 45.6 Å². The van der Waals surface area contributed by atoms with Gasteiger partial charge in [0, 0.05) is 27.7 Å². The highest BCUT2D eigenvalue weighted by Crippen LogP contribution is 2.33. The Bertz CT molecular complexity index is 1520. The van der Waals surface area contributed by atoms with E-state index in [0.717, 1.165) is 17.1 Å². The molecule has 9 nitrogen and oxygen atoms in total. The average Bonchev–Trinajstić information content (AvgIpc) is 3.55. The fourth-order valence-corrected chi connectivity index (χ4v) is 4.83. The number of hydrazone groups is 1. The molecule has 0 radical (unpaired) electrons. The monoisotopic (exact) mass is 627 g/mol. The SMILES string of the molecule is COC(=O)[C@@H](C)Oc1c(Br)cc(Cl)cc1/C=N/NC(=O)c1ccc(COc2ccc(-n3c(C)ccc3C)cc2)o1. The van der Waals surface area contributed by atoms with E-state index in [2.05, 4.69) is 57.0 Å². The van der Waals surface area contributed by atoms with Gasteiger partial charge in [-0.2, -0.15) is 5.10 Å². The molecule has 0 saturated carbocycles. The summed E-state index contributed by atoms with van der Waals surface area (Å²) in [7, 11) is 1.27. The number of nitrogens with zero attached hydrogens (tertiary/aromatic N) is 2. The molecule has 4 aromatic rings. The van der Waals surface area contributed by atoms with E-state index < -0.39 is 18.0 Å². The van der Waals surface area contributed by atoms with Gasteiger partial charge in [-0.1, -0.05) is 11.6 Å². The molecule has 0 unspecified atom stereocenters. The molecule has 0 bridgehead atoms. The van der Waals surface area contributed by atoms with Gasteiger partial charge < -0.3 is 23.2 Å². The maximum Gasteiger partial charge on any atom is 0.346 e. The van der Waals surface area contributed by atoms with Crippen LogP contribution in [0.15, 0.2) is 74.7 Å². The number of hydrogen-bond donors (Lipinski definition) is 1. The number of aryl methyl sites for hydroxylation is 2. The highest BCUT2D eigenvalue weighted by Gasteiger charge is 2.19. The lowest BCUT2D eigenvalue weighted by Gasteiger charge is -2.16. The summed E-state index contributed by atoms with van der Waals surface area (Å²) >= 11 is 9.52. The van der Waals surface area contributed by atoms with Crippen LogP contribution in [0.5, 0.6) is 11.5 Å². The summed E-state index contributed by atoms with van der Waals surface area (Å²) in [5.74, 6) is 0.412. The molecule has 0 spiro atoms. The number of halogens is 2. The van der Waals surface area contributed by atoms with Gasteiger partial charge in [0.2, 0.25) is 0 Å². The molecule has 1 N–H and O–H groups in total. The molecule has 1 amide bonds. The van der Waals surface area contributed by atoms with E-state index >= 15 is 0 Å². The molecule has 11 heteroatoms. The minimum Gasteiger partial charge on any atom is -0.486 e. The third-order valence-electron chi connectivity index (χ3n) is 5.87. The van der Waals surface area contributed by atoms with E-state index in [4.69, 9.17) is 30.2 Å². The Labute approximate surface area is 244 Å². The Morgan fingerprint density at radius 3 is 2.48 bits per heavy atom. The van der Waals surface area contributed by atoms with Gasteiger partial charge in [-0.25, -0.2) is 10.2 Å². The second-order valence-electron chi connectivity index (χ2n) is 8.79. The number of ether oxygens (including phenoxy) is 3. The molecule has 0 aliphatic heterocycles. The van der Waals surface area contributed by atoms with Crippen molar-refractivity contribution in [1.29, 1.82) is 0 Å². The van der Waals surface area contributed by atoms with Crippen LogP contribution < -0.4 is 14.9 Å². The topological polar surface area (TPSA) is 104 Å². The Balaban J connectivity index is 1.35. The lowest BCUT2D eigenvalue weighted by molar-refractivity contribution is -0.147. The lowest BCUT2D eigenvalue weighted by Crippen LogP contribution is -2.25. The molecular weight excluding hydrogens is 602 g/mol. The fraction of sp³-hybridized carbons (Fsp3) is 0.207. The molecule has 4 rings (SSSR count). The standard InChI is InChI=1S/C29H27BrClN3O6/c1-17-5-6-18(2)34(17)22-7-9-23(10-8-22)38-16-24-11-12-26(40-24)28(35)33-32-15-20-13-21(31)14-25(30)27(20)39-19(3)29(36)37-4/h5-15,19H,16H2,1-4H3,(H,33,35)/b32-15+/t19-/m1/s1. The van der Waals surface area contributed by atoms with Gasteiger partial charge in [0.15, 0.2) is 11.9 Å². The van der Waals surface area contributed by atoms with Crippen LogP contribution in [0.1, 0.15) is 40.2 Å². The average molecular weight is 629 g/mol. The molecule has 0 saturated heterocycles. The van der Waals surface area contributed by atoms with Crippen LogP contribution in [0, 0.1) is 13.8 Å². The molecule has 0 fully saturated rings. The van der Waals surface area contributed by atoms with E-state index in [9.17, 15) is 9.59 Å². The van der Waals surface area contributed by atoms with Crippen molar-refractivity contribution in [3.63, 3.8) is 0 Å². The molecular formula is C29H27BrClN3O6. The van der Waals surface area contributed by atoms with Crippen LogP contribution in [0.2, 0.25) is 5.02 Å². The van der Waals surface area contributed by atoms with Gasteiger partial charge in [-0.3, -0.25) is 4.79 Å². The maximum atomic E-state index is 12.6. The first kappa shape index (κ1) is 29.0. The number of amides is 1. The number of rotatable bonds is 10. The lowest BCUT2D eigenvalue weighted by atomic mass is 10.2. The van der Waals surface area contributed by atoms with E-state index in [1.807, 2.05) is 24.3 Å². The first-order valence-corrected chi connectivity index (χ1v) is 13.4. The summed E-state index contributed by atoms with van der Waals surface area (Å²) in [5, 5.41) is 4.39. The maximum absolute atomic E-state index is 12.6. The molecule has 208 valence electrons. The first-order valence-electron chi connectivity index (χ1n) is 12.2. The molecule has 2 aromatic heterocycles. The minimum atomic E-state index is -0.876. The fourth-order valence-electron chi connectivity index (χ4n) is 3.91. The van der Waals surface area contributed by atoms with Gasteiger partial charge >= 0.3 is 11.9 Å². The molecule has 2 heterocycles. The first-order chi connectivity index (χ1) is 19.2. The predicted octanol–water partition coefficient (Wildman–Crippen LogP) is 6.39. The number of nitrogens with one attached hydrogen (secondary N) is 1. The molecule has 1 atom stereocenters. The van der Waals surface area contributed by atoms with Gasteiger partial charge in [0.1, 0.15) is 23.9 Å². The van der Waals surface area contributed by atoms with Crippen LogP contribution in [0.4, 0.5) is 0 Å². The molecule has 0 aliphatic rings. The smallest absolute Gasteiger partial charge is 0.346 e. The van der Waals surface area contributed by atoms with E-state index in [1.165, 1.54) is 19.4 Å². The third kappa shape index (κ3) is 6.94. The zero-order valence-corrected chi connectivity index (χ0v) is 24.6. The van der Waals surface area contributed by atoms with Crippen molar-refractivity contribution in [2.45, 2.75) is 33.5 Å². The minimum absolute atomic E-state index is 0.0627. The predicted molar refractivity (Wildman–Crippen MR) is 155 cm³/mol. The van der Waals surface area contributed by atoms with Crippen LogP contribution in [0.3, 0.4) is 0 Å². The second kappa shape index (κ2) is 12.9. The Morgan fingerprint density at radius 2 is 1.80 bits per heavy atom. The highest BCUT2D eigenvalue weighted by molar-refractivity contribution is 9.10. The molecule has 2 aromatic carbocycles. The van der Waals surface area contributed by atoms with Gasteiger partial charge in [0.25, 0.3) is 0 Å². The Kier molecular flexibility index (Phi) is 9.34. The van der Waals surface area contributed by atoms with Crippen molar-refractivity contribution in [2.24, 2.45) is 5.10 Å². The Morgan fingerprint density at radius 1 is 1.10 bits per heavy atom. The number of carbonyl (C=O) groups excluding carboxylic acids is 2. The Hall–Kier alpha value is -4.02. The van der Waals surface area contributed by atoms with E-state index in [0.29, 0.717) is 32.3 Å². The van der Waals surface area contributed by atoms with Crippen molar-refractivity contribution in [2.75, 3.05) is 7.11 Å². The van der Waals surface area contributed by atoms with Gasteiger partial charge in [0.05, 0.1) is 17.8 Å². The van der Waals surface area contributed by atoms with Crippen molar-refractivity contribution in [1.82, 2.24) is 9.99 Å². The summed E-state index contributed by atoms with van der Waals surface area (Å²) in [6.07, 6.45) is 0.472. The molecule has 40 heavy (non-hydrogen) atoms. The molecule has 0 aliphatic carbocycles. The number of furan rings is 1. The van der Waals surface area contributed by atoms with Crippen LogP contribution in [0.25, 0.3) is 5.69 Å². The van der Waals surface area contributed by atoms with Gasteiger partial charge in [-0.15, -0.1) is 0 Å². The van der Waals surface area contributed by atoms with Crippen LogP contribution in [-0.4, -0.2) is 35.9 Å². The van der Waals surface area contributed by atoms with E-state index in [-0.39, 0.29) is 12.4 Å². The zero-order valence-electron chi connectivity index (χ0n) is 22.2. The summed E-state index contributed by atoms with van der Waals surface area (Å²) in [6, 6.07) is 18.3. The van der Waals surface area contributed by atoms with Crippen LogP contribution >= 0.6 is 27.5 Å². The quantitative estimate of drug-likeness (QED) is 0.124. The summed E-state index contributed by atoms with van der Waals surface area (Å²) in [6.45, 7) is 5.81. The normalized spacial score (nSPS) is 11.8. The highest BCUT2D eigenvalue weighted by atomic mass is 79.9. The number of benzene rings is 2. The van der Waals surface area contributed by atoms with Crippen LogP contribution in [-0.2, 0) is 16.1 Å². The number of hydrogen-bond acceptors (Lipinski definition) is 7. The summed E-state index contributed by atoms with van der Waals surface area (Å²) in [4.78, 5) is 24.3.